The summed E-state index contributed by atoms with van der Waals surface area (Å²) in [5.41, 5.74) is 6.99. The summed E-state index contributed by atoms with van der Waals surface area (Å²) in [6.45, 7) is 4.14. The molecule has 90 valence electrons. The molecule has 0 saturated heterocycles. The number of nitrogens with two attached hydrogens (primary N) is 1. The highest BCUT2D eigenvalue weighted by molar-refractivity contribution is 5.27. The Labute approximate surface area is 97.6 Å². The summed E-state index contributed by atoms with van der Waals surface area (Å²) in [6, 6.07) is 8.11. The van der Waals surface area contributed by atoms with Crippen molar-refractivity contribution in [3.8, 4) is 5.75 Å². The van der Waals surface area contributed by atoms with Crippen LogP contribution in [0.15, 0.2) is 24.3 Å². The highest BCUT2D eigenvalue weighted by Crippen LogP contribution is 2.14. The molecule has 1 rings (SSSR count). The second-order valence-electron chi connectivity index (χ2n) is 3.81. The molecule has 0 bridgehead atoms. The van der Waals surface area contributed by atoms with Gasteiger partial charge in [-0.15, -0.1) is 0 Å². The Bertz CT molecular complexity index is 284. The van der Waals surface area contributed by atoms with Crippen LogP contribution in [0, 0.1) is 5.92 Å². The molecule has 0 fully saturated rings. The van der Waals surface area contributed by atoms with Gasteiger partial charge in [-0.05, 0) is 43.5 Å². The molecule has 1 aromatic rings. The molecule has 1 aromatic carbocycles. The molecule has 0 aromatic heterocycles. The summed E-state index contributed by atoms with van der Waals surface area (Å²) in [5, 5.41) is 0. The minimum atomic E-state index is 0.397. The first-order chi connectivity index (χ1) is 7.80. The predicted molar refractivity (Wildman–Crippen MR) is 65.7 cm³/mol. The SMILES string of the molecule is CCOCC(CN)Cc1ccc(OC)cc1. The van der Waals surface area contributed by atoms with Crippen molar-refractivity contribution >= 4 is 0 Å². The fraction of sp³-hybridized carbons (Fsp3) is 0.538. The average Bonchev–Trinajstić information content (AvgIpc) is 2.35. The van der Waals surface area contributed by atoms with Crippen molar-refractivity contribution in [3.05, 3.63) is 29.8 Å². The molecule has 0 aliphatic carbocycles. The van der Waals surface area contributed by atoms with Crippen LogP contribution in [0.4, 0.5) is 0 Å². The lowest BCUT2D eigenvalue weighted by atomic mass is 10.0. The number of rotatable bonds is 7. The van der Waals surface area contributed by atoms with Crippen LogP contribution in [0.25, 0.3) is 0 Å². The maximum atomic E-state index is 5.71. The van der Waals surface area contributed by atoms with Crippen LogP contribution in [-0.4, -0.2) is 26.9 Å². The lowest BCUT2D eigenvalue weighted by molar-refractivity contribution is 0.113. The zero-order valence-corrected chi connectivity index (χ0v) is 10.1. The van der Waals surface area contributed by atoms with Gasteiger partial charge < -0.3 is 15.2 Å². The van der Waals surface area contributed by atoms with Gasteiger partial charge in [0, 0.05) is 6.61 Å². The zero-order chi connectivity index (χ0) is 11.8. The van der Waals surface area contributed by atoms with Crippen LogP contribution in [-0.2, 0) is 11.2 Å². The van der Waals surface area contributed by atoms with Gasteiger partial charge in [-0.25, -0.2) is 0 Å². The van der Waals surface area contributed by atoms with Crippen molar-refractivity contribution in [2.75, 3.05) is 26.9 Å². The van der Waals surface area contributed by atoms with E-state index in [0.29, 0.717) is 12.5 Å². The molecular weight excluding hydrogens is 202 g/mol. The molecule has 16 heavy (non-hydrogen) atoms. The van der Waals surface area contributed by atoms with Gasteiger partial charge in [-0.1, -0.05) is 12.1 Å². The first-order valence-corrected chi connectivity index (χ1v) is 5.70. The summed E-state index contributed by atoms with van der Waals surface area (Å²) in [7, 11) is 1.67. The molecule has 0 heterocycles. The van der Waals surface area contributed by atoms with Crippen LogP contribution in [0.3, 0.4) is 0 Å². The molecule has 0 amide bonds. The molecule has 0 aliphatic heterocycles. The van der Waals surface area contributed by atoms with Crippen LogP contribution >= 0.6 is 0 Å². The van der Waals surface area contributed by atoms with Crippen molar-refractivity contribution in [2.45, 2.75) is 13.3 Å². The first kappa shape index (κ1) is 13.0. The van der Waals surface area contributed by atoms with E-state index in [1.54, 1.807) is 7.11 Å². The molecule has 0 saturated carbocycles. The van der Waals surface area contributed by atoms with Gasteiger partial charge in [0.2, 0.25) is 0 Å². The van der Waals surface area contributed by atoms with E-state index in [1.807, 2.05) is 19.1 Å². The Hall–Kier alpha value is -1.06. The highest BCUT2D eigenvalue weighted by atomic mass is 16.5. The maximum Gasteiger partial charge on any atom is 0.118 e. The van der Waals surface area contributed by atoms with Gasteiger partial charge >= 0.3 is 0 Å². The van der Waals surface area contributed by atoms with Crippen LogP contribution in [0.5, 0.6) is 5.75 Å². The first-order valence-electron chi connectivity index (χ1n) is 5.70. The van der Waals surface area contributed by atoms with Crippen molar-refractivity contribution in [2.24, 2.45) is 11.7 Å². The Morgan fingerprint density at radius 3 is 2.44 bits per heavy atom. The molecule has 1 unspecified atom stereocenters. The lowest BCUT2D eigenvalue weighted by Crippen LogP contribution is -2.22. The zero-order valence-electron chi connectivity index (χ0n) is 10.1. The number of hydrogen-bond acceptors (Lipinski definition) is 3. The third-order valence-corrected chi connectivity index (χ3v) is 2.57. The largest absolute Gasteiger partial charge is 0.497 e. The van der Waals surface area contributed by atoms with Crippen LogP contribution in [0.2, 0.25) is 0 Å². The molecule has 2 N–H and O–H groups in total. The third kappa shape index (κ3) is 4.21. The van der Waals surface area contributed by atoms with Gasteiger partial charge in [0.1, 0.15) is 5.75 Å². The fourth-order valence-electron chi connectivity index (χ4n) is 1.59. The van der Waals surface area contributed by atoms with Crippen molar-refractivity contribution in [1.82, 2.24) is 0 Å². The van der Waals surface area contributed by atoms with Crippen molar-refractivity contribution in [3.63, 3.8) is 0 Å². The van der Waals surface area contributed by atoms with E-state index in [0.717, 1.165) is 25.4 Å². The van der Waals surface area contributed by atoms with E-state index in [2.05, 4.69) is 12.1 Å². The molecule has 0 aliphatic rings. The van der Waals surface area contributed by atoms with Gasteiger partial charge in [0.05, 0.1) is 13.7 Å². The Morgan fingerprint density at radius 1 is 1.25 bits per heavy atom. The second kappa shape index (κ2) is 7.25. The number of ether oxygens (including phenoxy) is 2. The lowest BCUT2D eigenvalue weighted by Gasteiger charge is -2.14. The van der Waals surface area contributed by atoms with Crippen molar-refractivity contribution in [1.29, 1.82) is 0 Å². The van der Waals surface area contributed by atoms with E-state index in [4.69, 9.17) is 15.2 Å². The number of benzene rings is 1. The summed E-state index contributed by atoms with van der Waals surface area (Å²) in [4.78, 5) is 0. The molecular formula is C13H21NO2. The summed E-state index contributed by atoms with van der Waals surface area (Å²) in [5.74, 6) is 1.28. The van der Waals surface area contributed by atoms with Gasteiger partial charge in [0.25, 0.3) is 0 Å². The number of hydrogen-bond donors (Lipinski definition) is 1. The third-order valence-electron chi connectivity index (χ3n) is 2.57. The minimum absolute atomic E-state index is 0.397. The van der Waals surface area contributed by atoms with E-state index < -0.39 is 0 Å². The number of methoxy groups -OCH3 is 1. The quantitative estimate of drug-likeness (QED) is 0.767. The van der Waals surface area contributed by atoms with E-state index in [1.165, 1.54) is 5.56 Å². The van der Waals surface area contributed by atoms with E-state index >= 15 is 0 Å². The monoisotopic (exact) mass is 223 g/mol. The molecule has 0 radical (unpaired) electrons. The van der Waals surface area contributed by atoms with Crippen LogP contribution < -0.4 is 10.5 Å². The Kier molecular flexibility index (Phi) is 5.90. The highest BCUT2D eigenvalue weighted by Gasteiger charge is 2.07. The second-order valence-corrected chi connectivity index (χ2v) is 3.81. The Balaban J connectivity index is 2.49. The molecule has 1 atom stereocenters. The average molecular weight is 223 g/mol. The molecule has 3 nitrogen and oxygen atoms in total. The van der Waals surface area contributed by atoms with Crippen LogP contribution in [0.1, 0.15) is 12.5 Å². The molecule has 0 spiro atoms. The maximum absolute atomic E-state index is 5.71. The van der Waals surface area contributed by atoms with Gasteiger partial charge in [-0.3, -0.25) is 0 Å². The topological polar surface area (TPSA) is 44.5 Å². The summed E-state index contributed by atoms with van der Waals surface area (Å²) in [6.07, 6.45) is 0.959. The summed E-state index contributed by atoms with van der Waals surface area (Å²) >= 11 is 0. The van der Waals surface area contributed by atoms with Gasteiger partial charge in [0.15, 0.2) is 0 Å². The predicted octanol–water partition coefficient (Wildman–Crippen LogP) is 1.85. The standard InChI is InChI=1S/C13H21NO2/c1-3-16-10-12(9-14)8-11-4-6-13(15-2)7-5-11/h4-7,12H,3,8-10,14H2,1-2H3. The fourth-order valence-corrected chi connectivity index (χ4v) is 1.59. The smallest absolute Gasteiger partial charge is 0.118 e. The van der Waals surface area contributed by atoms with Gasteiger partial charge in [-0.2, -0.15) is 0 Å². The van der Waals surface area contributed by atoms with E-state index in [-0.39, 0.29) is 0 Å². The van der Waals surface area contributed by atoms with Crippen molar-refractivity contribution < 1.29 is 9.47 Å². The Morgan fingerprint density at radius 2 is 1.94 bits per heavy atom. The summed E-state index contributed by atoms with van der Waals surface area (Å²) < 4.78 is 10.5. The minimum Gasteiger partial charge on any atom is -0.497 e. The normalized spacial score (nSPS) is 12.4. The van der Waals surface area contributed by atoms with E-state index in [9.17, 15) is 0 Å². The molecule has 3 heteroatoms.